The molecule has 33 heavy (non-hydrogen) atoms. The molecule has 0 saturated carbocycles. The summed E-state index contributed by atoms with van der Waals surface area (Å²) in [7, 11) is 0. The molecule has 1 amide bonds. The van der Waals surface area contributed by atoms with Crippen LogP contribution in [-0.4, -0.2) is 15.7 Å². The number of carbonyl (C=O) groups is 1. The monoisotopic (exact) mass is 547 g/mol. The van der Waals surface area contributed by atoms with Crippen molar-refractivity contribution in [3.05, 3.63) is 110 Å². The lowest BCUT2D eigenvalue weighted by molar-refractivity contribution is 0.102. The molecule has 0 aliphatic carbocycles. The Kier molecular flexibility index (Phi) is 7.33. The molecule has 1 aromatic heterocycles. The third kappa shape index (κ3) is 5.93. The number of rotatable bonds is 7. The number of benzene rings is 3. The Morgan fingerprint density at radius 2 is 1.85 bits per heavy atom. The molecule has 0 unspecified atom stereocenters. The maximum absolute atomic E-state index is 14.1. The van der Waals surface area contributed by atoms with Gasteiger partial charge in [-0.05, 0) is 70.0 Å². The first-order chi connectivity index (χ1) is 15.9. The van der Waals surface area contributed by atoms with Gasteiger partial charge in [-0.2, -0.15) is 5.10 Å². The van der Waals surface area contributed by atoms with Crippen LogP contribution in [0.2, 0.25) is 10.0 Å². The van der Waals surface area contributed by atoms with Crippen LogP contribution in [0.5, 0.6) is 5.75 Å². The Balaban J connectivity index is 1.43. The van der Waals surface area contributed by atoms with Crippen LogP contribution in [0.4, 0.5) is 10.2 Å². The smallest absolute Gasteiger partial charge is 0.256 e. The zero-order chi connectivity index (χ0) is 23.4. The first-order valence-corrected chi connectivity index (χ1v) is 11.4. The lowest BCUT2D eigenvalue weighted by Crippen LogP contribution is -2.14. The van der Waals surface area contributed by atoms with Gasteiger partial charge in [-0.25, -0.2) is 4.39 Å². The third-order valence-corrected chi connectivity index (χ3v) is 5.93. The zero-order valence-electron chi connectivity index (χ0n) is 17.1. The highest BCUT2D eigenvalue weighted by Crippen LogP contribution is 2.25. The summed E-state index contributed by atoms with van der Waals surface area (Å²) in [4.78, 5) is 12.8. The lowest BCUT2D eigenvalue weighted by Gasteiger charge is -2.08. The SMILES string of the molecule is O=C(Nc1nn(Cc2c(F)cccc2Cl)cc1Br)c1cccc(COc2ccc(Cl)cc2)c1. The van der Waals surface area contributed by atoms with E-state index in [1.54, 1.807) is 60.8 Å². The van der Waals surface area contributed by atoms with Gasteiger partial charge in [-0.15, -0.1) is 0 Å². The van der Waals surface area contributed by atoms with E-state index in [4.69, 9.17) is 27.9 Å². The number of ether oxygens (including phenoxy) is 1. The van der Waals surface area contributed by atoms with Gasteiger partial charge in [-0.1, -0.05) is 41.4 Å². The molecule has 0 aliphatic rings. The molecule has 4 aromatic rings. The van der Waals surface area contributed by atoms with E-state index >= 15 is 0 Å². The maximum atomic E-state index is 14.1. The van der Waals surface area contributed by atoms with E-state index in [1.165, 1.54) is 10.7 Å². The highest BCUT2D eigenvalue weighted by atomic mass is 79.9. The van der Waals surface area contributed by atoms with Crippen molar-refractivity contribution in [2.24, 2.45) is 0 Å². The second-order valence-corrected chi connectivity index (χ2v) is 8.82. The Morgan fingerprint density at radius 1 is 1.09 bits per heavy atom. The summed E-state index contributed by atoms with van der Waals surface area (Å²) in [6, 6.07) is 18.6. The Morgan fingerprint density at radius 3 is 2.61 bits per heavy atom. The van der Waals surface area contributed by atoms with Crippen LogP contribution < -0.4 is 10.1 Å². The second-order valence-electron chi connectivity index (χ2n) is 7.12. The minimum Gasteiger partial charge on any atom is -0.489 e. The number of hydrogen-bond acceptors (Lipinski definition) is 3. The summed E-state index contributed by atoms with van der Waals surface area (Å²) < 4.78 is 21.9. The fourth-order valence-electron chi connectivity index (χ4n) is 3.09. The summed E-state index contributed by atoms with van der Waals surface area (Å²) >= 11 is 15.4. The number of halogens is 4. The summed E-state index contributed by atoms with van der Waals surface area (Å²) in [5.41, 5.74) is 1.60. The molecule has 0 saturated heterocycles. The van der Waals surface area contributed by atoms with Gasteiger partial charge in [0.25, 0.3) is 5.91 Å². The number of nitrogens with one attached hydrogen (secondary N) is 1. The molecule has 5 nitrogen and oxygen atoms in total. The van der Waals surface area contributed by atoms with Crippen molar-refractivity contribution in [1.82, 2.24) is 9.78 Å². The third-order valence-electron chi connectivity index (χ3n) is 4.74. The minimum absolute atomic E-state index is 0.123. The average molecular weight is 549 g/mol. The van der Waals surface area contributed by atoms with Gasteiger partial charge in [0.2, 0.25) is 0 Å². The molecule has 1 N–H and O–H groups in total. The molecule has 9 heteroatoms. The maximum Gasteiger partial charge on any atom is 0.256 e. The van der Waals surface area contributed by atoms with E-state index < -0.39 is 5.82 Å². The molecule has 168 valence electrons. The van der Waals surface area contributed by atoms with Crippen molar-refractivity contribution < 1.29 is 13.9 Å². The topological polar surface area (TPSA) is 56.2 Å². The van der Waals surface area contributed by atoms with E-state index in [0.717, 1.165) is 5.56 Å². The van der Waals surface area contributed by atoms with Gasteiger partial charge in [0, 0.05) is 27.4 Å². The molecule has 1 heterocycles. The highest BCUT2D eigenvalue weighted by molar-refractivity contribution is 9.10. The van der Waals surface area contributed by atoms with E-state index in [1.807, 2.05) is 6.07 Å². The van der Waals surface area contributed by atoms with Gasteiger partial charge in [0.05, 0.1) is 11.0 Å². The van der Waals surface area contributed by atoms with Crippen LogP contribution in [-0.2, 0) is 13.2 Å². The Hall–Kier alpha value is -2.87. The van der Waals surface area contributed by atoms with Crippen LogP contribution in [0.3, 0.4) is 0 Å². The van der Waals surface area contributed by atoms with Crippen molar-refractivity contribution in [1.29, 1.82) is 0 Å². The molecule has 0 atom stereocenters. The number of nitrogens with zero attached hydrogens (tertiary/aromatic N) is 2. The van der Waals surface area contributed by atoms with E-state index in [2.05, 4.69) is 26.3 Å². The molecule has 0 spiro atoms. The van der Waals surface area contributed by atoms with E-state index in [0.29, 0.717) is 43.8 Å². The molecule has 0 aliphatic heterocycles. The van der Waals surface area contributed by atoms with Gasteiger partial charge in [-0.3, -0.25) is 9.48 Å². The predicted molar refractivity (Wildman–Crippen MR) is 131 cm³/mol. The molecular formula is C24H17BrCl2FN3O2. The standard InChI is InChI=1S/C24H17BrCl2FN3O2/c25-20-13-31(12-19-21(27)5-2-6-22(19)28)30-23(20)29-24(32)16-4-1-3-15(11-16)14-33-18-9-7-17(26)8-10-18/h1-11,13H,12,14H2,(H,29,30,32). The van der Waals surface area contributed by atoms with Gasteiger partial charge >= 0.3 is 0 Å². The zero-order valence-corrected chi connectivity index (χ0v) is 20.2. The number of anilines is 1. The minimum atomic E-state index is -0.419. The lowest BCUT2D eigenvalue weighted by atomic mass is 10.1. The molecule has 3 aromatic carbocycles. The van der Waals surface area contributed by atoms with Crippen molar-refractivity contribution >= 4 is 50.9 Å². The summed E-state index contributed by atoms with van der Waals surface area (Å²) in [5.74, 6) is 0.240. The van der Waals surface area contributed by atoms with E-state index in [9.17, 15) is 9.18 Å². The Bertz CT molecular complexity index is 1280. The summed E-state index contributed by atoms with van der Waals surface area (Å²) in [6.45, 7) is 0.419. The summed E-state index contributed by atoms with van der Waals surface area (Å²) in [5, 5.41) is 8.05. The van der Waals surface area contributed by atoms with Gasteiger partial charge in [0.15, 0.2) is 5.82 Å². The van der Waals surface area contributed by atoms with Crippen LogP contribution in [0.15, 0.2) is 77.4 Å². The molecule has 4 rings (SSSR count). The number of amides is 1. The van der Waals surface area contributed by atoms with Crippen molar-refractivity contribution in [3.8, 4) is 5.75 Å². The quantitative estimate of drug-likeness (QED) is 0.271. The molecule has 0 bridgehead atoms. The van der Waals surface area contributed by atoms with Crippen molar-refractivity contribution in [2.75, 3.05) is 5.32 Å². The number of carbonyl (C=O) groups excluding carboxylic acids is 1. The first kappa shape index (κ1) is 23.3. The fraction of sp³-hybridized carbons (Fsp3) is 0.0833. The van der Waals surface area contributed by atoms with Crippen LogP contribution in [0, 0.1) is 5.82 Å². The average Bonchev–Trinajstić information content (AvgIpc) is 3.15. The predicted octanol–water partition coefficient (Wildman–Crippen LogP) is 6.97. The Labute approximate surface area is 208 Å². The molecule has 0 radical (unpaired) electrons. The van der Waals surface area contributed by atoms with Gasteiger partial charge in [0.1, 0.15) is 18.2 Å². The number of hydrogen-bond donors (Lipinski definition) is 1. The second kappa shape index (κ2) is 10.4. The van der Waals surface area contributed by atoms with Crippen LogP contribution in [0.25, 0.3) is 0 Å². The summed E-state index contributed by atoms with van der Waals surface area (Å²) in [6.07, 6.45) is 1.65. The van der Waals surface area contributed by atoms with Crippen molar-refractivity contribution in [2.45, 2.75) is 13.2 Å². The van der Waals surface area contributed by atoms with Gasteiger partial charge < -0.3 is 10.1 Å². The van der Waals surface area contributed by atoms with Crippen LogP contribution in [0.1, 0.15) is 21.5 Å². The largest absolute Gasteiger partial charge is 0.489 e. The normalized spacial score (nSPS) is 10.8. The van der Waals surface area contributed by atoms with Crippen LogP contribution >= 0.6 is 39.1 Å². The first-order valence-electron chi connectivity index (χ1n) is 9.83. The van der Waals surface area contributed by atoms with Crippen molar-refractivity contribution in [3.63, 3.8) is 0 Å². The molecular weight excluding hydrogens is 532 g/mol. The number of aromatic nitrogens is 2. The fourth-order valence-corrected chi connectivity index (χ4v) is 3.85. The highest BCUT2D eigenvalue weighted by Gasteiger charge is 2.15. The van der Waals surface area contributed by atoms with E-state index in [-0.39, 0.29) is 12.5 Å². The molecule has 0 fully saturated rings.